The van der Waals surface area contributed by atoms with E-state index >= 15 is 0 Å². The smallest absolute Gasteiger partial charge is 0.191 e. The van der Waals surface area contributed by atoms with Gasteiger partial charge in [-0.2, -0.15) is 0 Å². The number of furan rings is 1. The van der Waals surface area contributed by atoms with Gasteiger partial charge in [-0.05, 0) is 43.2 Å². The minimum Gasteiger partial charge on any atom is -0.467 e. The Morgan fingerprint density at radius 1 is 1.30 bits per heavy atom. The van der Waals surface area contributed by atoms with Gasteiger partial charge >= 0.3 is 0 Å². The van der Waals surface area contributed by atoms with E-state index in [4.69, 9.17) is 9.15 Å². The molecule has 3 rings (SSSR count). The Morgan fingerprint density at radius 3 is 2.90 bits per heavy atom. The maximum Gasteiger partial charge on any atom is 0.191 e. The molecule has 30 heavy (non-hydrogen) atoms. The van der Waals surface area contributed by atoms with E-state index in [1.165, 1.54) is 6.07 Å². The van der Waals surface area contributed by atoms with Gasteiger partial charge in [0.1, 0.15) is 18.2 Å². The van der Waals surface area contributed by atoms with Gasteiger partial charge in [0, 0.05) is 32.1 Å². The molecule has 0 aliphatic rings. The molecule has 2 N–H and O–H groups in total. The van der Waals surface area contributed by atoms with Gasteiger partial charge in [0.05, 0.1) is 24.8 Å². The van der Waals surface area contributed by atoms with E-state index in [-0.39, 0.29) is 29.8 Å². The van der Waals surface area contributed by atoms with Crippen LogP contribution in [0.3, 0.4) is 0 Å². The number of aromatic nitrogens is 2. The summed E-state index contributed by atoms with van der Waals surface area (Å²) < 4.78 is 26.8. The molecule has 0 spiro atoms. The molecule has 7 nitrogen and oxygen atoms in total. The van der Waals surface area contributed by atoms with Crippen LogP contribution in [0, 0.1) is 5.82 Å². The molecular weight excluding hydrogens is 500 g/mol. The maximum atomic E-state index is 14.4. The van der Waals surface area contributed by atoms with Crippen molar-refractivity contribution in [3.05, 3.63) is 72.5 Å². The molecule has 0 saturated carbocycles. The van der Waals surface area contributed by atoms with Gasteiger partial charge in [-0.1, -0.05) is 6.07 Å². The Hall–Kier alpha value is -2.40. The lowest BCUT2D eigenvalue weighted by atomic mass is 10.2. The van der Waals surface area contributed by atoms with E-state index in [0.717, 1.165) is 30.8 Å². The number of guanidine groups is 1. The number of nitrogens with one attached hydrogen (secondary N) is 2. The van der Waals surface area contributed by atoms with Crippen LogP contribution in [0.4, 0.5) is 4.39 Å². The summed E-state index contributed by atoms with van der Waals surface area (Å²) in [5, 5.41) is 6.45. The second kappa shape index (κ2) is 13.0. The molecule has 0 fully saturated rings. The lowest BCUT2D eigenvalue weighted by Crippen LogP contribution is -2.38. The first kappa shape index (κ1) is 23.9. The number of nitrogens with zero attached hydrogens (tertiary/aromatic N) is 3. The van der Waals surface area contributed by atoms with Gasteiger partial charge in [-0.3, -0.25) is 0 Å². The molecule has 0 bridgehead atoms. The zero-order chi connectivity index (χ0) is 20.3. The third-order valence-corrected chi connectivity index (χ3v) is 4.14. The first-order valence-electron chi connectivity index (χ1n) is 9.65. The number of aliphatic imine (C=N–C) groups is 1. The number of ether oxygens (including phenoxy) is 1. The SMILES string of the molecule is CCNC(=NCc1ccc(-n2ccnc2)c(F)c1)NCCCOCc1ccco1.I. The number of hydrogen-bond acceptors (Lipinski definition) is 4. The fourth-order valence-corrected chi connectivity index (χ4v) is 2.72. The Labute approximate surface area is 192 Å². The predicted molar refractivity (Wildman–Crippen MR) is 125 cm³/mol. The quantitative estimate of drug-likeness (QED) is 0.181. The van der Waals surface area contributed by atoms with E-state index in [1.54, 1.807) is 35.6 Å². The third kappa shape index (κ3) is 7.45. The molecular formula is C21H27FIN5O2. The molecule has 2 aromatic heterocycles. The summed E-state index contributed by atoms with van der Waals surface area (Å²) in [7, 11) is 0. The van der Waals surface area contributed by atoms with Crippen molar-refractivity contribution in [3.63, 3.8) is 0 Å². The number of hydrogen-bond donors (Lipinski definition) is 2. The van der Waals surface area contributed by atoms with E-state index in [2.05, 4.69) is 20.6 Å². The van der Waals surface area contributed by atoms with Gasteiger partial charge in [0.15, 0.2) is 5.96 Å². The van der Waals surface area contributed by atoms with Crippen molar-refractivity contribution in [3.8, 4) is 5.69 Å². The van der Waals surface area contributed by atoms with Crippen molar-refractivity contribution in [1.29, 1.82) is 0 Å². The number of halogens is 2. The van der Waals surface area contributed by atoms with Crippen molar-refractivity contribution in [2.24, 2.45) is 4.99 Å². The van der Waals surface area contributed by atoms with E-state index < -0.39 is 0 Å². The molecule has 0 atom stereocenters. The minimum absolute atomic E-state index is 0. The van der Waals surface area contributed by atoms with Crippen LogP contribution in [0.25, 0.3) is 5.69 Å². The van der Waals surface area contributed by atoms with Crippen LogP contribution in [0.15, 0.2) is 64.7 Å². The molecule has 162 valence electrons. The number of benzene rings is 1. The van der Waals surface area contributed by atoms with E-state index in [1.807, 2.05) is 25.1 Å². The maximum absolute atomic E-state index is 14.4. The summed E-state index contributed by atoms with van der Waals surface area (Å²) in [4.78, 5) is 8.47. The Balaban J connectivity index is 0.00000320. The fraction of sp³-hybridized carbons (Fsp3) is 0.333. The summed E-state index contributed by atoms with van der Waals surface area (Å²) in [5.74, 6) is 1.21. The van der Waals surface area contributed by atoms with E-state index in [0.29, 0.717) is 31.4 Å². The fourth-order valence-electron chi connectivity index (χ4n) is 2.72. The van der Waals surface area contributed by atoms with Gasteiger partial charge in [0.2, 0.25) is 0 Å². The zero-order valence-electron chi connectivity index (χ0n) is 16.9. The van der Waals surface area contributed by atoms with Gasteiger partial charge in [0.25, 0.3) is 0 Å². The molecule has 0 aliphatic heterocycles. The highest BCUT2D eigenvalue weighted by atomic mass is 127. The first-order chi connectivity index (χ1) is 14.3. The summed E-state index contributed by atoms with van der Waals surface area (Å²) >= 11 is 0. The molecule has 2 heterocycles. The average Bonchev–Trinajstić information content (AvgIpc) is 3.43. The standard InChI is InChI=1S/C21H26FN5O2.HI/c1-2-24-21(25-8-4-11-28-15-18-5-3-12-29-18)26-14-17-6-7-20(19(22)13-17)27-10-9-23-16-27;/h3,5-7,9-10,12-13,16H,2,4,8,11,14-15H2,1H3,(H2,24,25,26);1H. The summed E-state index contributed by atoms with van der Waals surface area (Å²) in [5.41, 5.74) is 1.26. The van der Waals surface area contributed by atoms with Crippen molar-refractivity contribution >= 4 is 29.9 Å². The van der Waals surface area contributed by atoms with Crippen LogP contribution >= 0.6 is 24.0 Å². The zero-order valence-corrected chi connectivity index (χ0v) is 19.2. The molecule has 9 heteroatoms. The molecule has 1 aromatic carbocycles. The molecule has 0 aliphatic carbocycles. The van der Waals surface area contributed by atoms with Crippen LogP contribution in [0.2, 0.25) is 0 Å². The van der Waals surface area contributed by atoms with Crippen molar-refractivity contribution in [2.45, 2.75) is 26.5 Å². The monoisotopic (exact) mass is 527 g/mol. The highest BCUT2D eigenvalue weighted by molar-refractivity contribution is 14.0. The highest BCUT2D eigenvalue weighted by Gasteiger charge is 2.06. The topological polar surface area (TPSA) is 76.6 Å². The second-order valence-corrected chi connectivity index (χ2v) is 6.36. The Bertz CT molecular complexity index is 885. The molecule has 3 aromatic rings. The largest absolute Gasteiger partial charge is 0.467 e. The second-order valence-electron chi connectivity index (χ2n) is 6.36. The number of imidazole rings is 1. The third-order valence-electron chi connectivity index (χ3n) is 4.14. The molecule has 0 radical (unpaired) electrons. The van der Waals surface area contributed by atoms with Gasteiger partial charge in [-0.15, -0.1) is 24.0 Å². The van der Waals surface area contributed by atoms with E-state index in [9.17, 15) is 4.39 Å². The first-order valence-corrected chi connectivity index (χ1v) is 9.65. The normalized spacial score (nSPS) is 11.2. The summed E-state index contributed by atoms with van der Waals surface area (Å²) in [6.07, 6.45) is 7.37. The van der Waals surface area contributed by atoms with Gasteiger partial charge in [-0.25, -0.2) is 14.4 Å². The van der Waals surface area contributed by atoms with Crippen LogP contribution in [-0.4, -0.2) is 35.2 Å². The molecule has 0 unspecified atom stereocenters. The van der Waals surface area contributed by atoms with Crippen LogP contribution in [-0.2, 0) is 17.9 Å². The van der Waals surface area contributed by atoms with Crippen LogP contribution in [0.5, 0.6) is 0 Å². The van der Waals surface area contributed by atoms with Crippen molar-refractivity contribution in [1.82, 2.24) is 20.2 Å². The minimum atomic E-state index is -0.303. The average molecular weight is 527 g/mol. The Kier molecular flexibility index (Phi) is 10.4. The summed E-state index contributed by atoms with van der Waals surface area (Å²) in [6.45, 7) is 4.94. The van der Waals surface area contributed by atoms with Crippen molar-refractivity contribution < 1.29 is 13.5 Å². The van der Waals surface area contributed by atoms with Crippen molar-refractivity contribution in [2.75, 3.05) is 19.7 Å². The predicted octanol–water partition coefficient (Wildman–Crippen LogP) is 3.88. The summed E-state index contributed by atoms with van der Waals surface area (Å²) in [6, 6.07) is 8.84. The van der Waals surface area contributed by atoms with Gasteiger partial charge < -0.3 is 24.4 Å². The highest BCUT2D eigenvalue weighted by Crippen LogP contribution is 2.15. The molecule has 0 amide bonds. The lowest BCUT2D eigenvalue weighted by Gasteiger charge is -2.11. The van der Waals surface area contributed by atoms with Crippen LogP contribution < -0.4 is 10.6 Å². The van der Waals surface area contributed by atoms with Crippen LogP contribution in [0.1, 0.15) is 24.7 Å². The molecule has 0 saturated heterocycles. The number of rotatable bonds is 10. The lowest BCUT2D eigenvalue weighted by molar-refractivity contribution is 0.105. The Morgan fingerprint density at radius 2 is 2.20 bits per heavy atom.